The Kier molecular flexibility index (Phi) is 4.34. The normalized spacial score (nSPS) is 21.5. The first-order valence-electron chi connectivity index (χ1n) is 7.58. The predicted octanol–water partition coefficient (Wildman–Crippen LogP) is 1.22. The van der Waals surface area contributed by atoms with Gasteiger partial charge >= 0.3 is 0 Å². The fraction of sp³-hybridized carbons (Fsp3) is 0.667. The molecule has 0 bridgehead atoms. The smallest absolute Gasteiger partial charge is 0.249 e. The maximum absolute atomic E-state index is 12.9. The topological polar surface area (TPSA) is 67.2 Å². The zero-order valence-electron chi connectivity index (χ0n) is 13.2. The maximum atomic E-state index is 12.9. The number of nitrogens with zero attached hydrogens (tertiary/aromatic N) is 3. The Bertz CT molecular complexity index is 534. The number of hydrogen-bond acceptors (Lipinski definition) is 3. The highest BCUT2D eigenvalue weighted by molar-refractivity contribution is 5.99. The van der Waals surface area contributed by atoms with Gasteiger partial charge in [-0.3, -0.25) is 14.3 Å². The van der Waals surface area contributed by atoms with E-state index < -0.39 is 11.6 Å². The summed E-state index contributed by atoms with van der Waals surface area (Å²) in [5.74, 6) is -0.0347. The summed E-state index contributed by atoms with van der Waals surface area (Å²) in [6, 6.07) is -0.399. The van der Waals surface area contributed by atoms with E-state index >= 15 is 0 Å². The third kappa shape index (κ3) is 2.66. The van der Waals surface area contributed by atoms with E-state index in [-0.39, 0.29) is 11.8 Å². The molecule has 116 valence electrons. The monoisotopic (exact) mass is 292 g/mol. The van der Waals surface area contributed by atoms with Crippen molar-refractivity contribution in [3.05, 3.63) is 18.0 Å². The largest absolute Gasteiger partial charge is 0.340 e. The Balaban J connectivity index is 2.32. The molecule has 1 unspecified atom stereocenters. The van der Waals surface area contributed by atoms with E-state index in [9.17, 15) is 9.59 Å². The van der Waals surface area contributed by atoms with Crippen LogP contribution in [0.1, 0.15) is 45.6 Å². The van der Waals surface area contributed by atoms with E-state index in [1.165, 1.54) is 0 Å². The number of aryl methyl sites for hydroxylation is 1. The molecule has 2 amide bonds. The molecule has 0 aliphatic carbocycles. The molecule has 6 nitrogen and oxygen atoms in total. The van der Waals surface area contributed by atoms with E-state index in [2.05, 4.69) is 10.4 Å². The van der Waals surface area contributed by atoms with Crippen LogP contribution in [-0.2, 0) is 23.2 Å². The van der Waals surface area contributed by atoms with Gasteiger partial charge in [0.1, 0.15) is 11.6 Å². The van der Waals surface area contributed by atoms with Crippen LogP contribution < -0.4 is 5.32 Å². The van der Waals surface area contributed by atoms with Gasteiger partial charge in [-0.25, -0.2) is 0 Å². The van der Waals surface area contributed by atoms with Gasteiger partial charge in [0.2, 0.25) is 11.8 Å². The summed E-state index contributed by atoms with van der Waals surface area (Å²) in [5, 5.41) is 7.08. The quantitative estimate of drug-likeness (QED) is 0.887. The molecule has 0 radical (unpaired) electrons. The number of carbonyl (C=O) groups is 2. The van der Waals surface area contributed by atoms with Gasteiger partial charge in [0.25, 0.3) is 0 Å². The van der Waals surface area contributed by atoms with Crippen LogP contribution in [0.3, 0.4) is 0 Å². The summed E-state index contributed by atoms with van der Waals surface area (Å²) in [4.78, 5) is 27.0. The van der Waals surface area contributed by atoms with Crippen molar-refractivity contribution in [3.63, 3.8) is 0 Å². The van der Waals surface area contributed by atoms with Crippen molar-refractivity contribution in [2.45, 2.75) is 58.2 Å². The molecule has 1 atom stereocenters. The van der Waals surface area contributed by atoms with Crippen LogP contribution in [-0.4, -0.2) is 38.1 Å². The van der Waals surface area contributed by atoms with E-state index in [1.54, 1.807) is 15.8 Å². The molecule has 1 aliphatic rings. The van der Waals surface area contributed by atoms with Gasteiger partial charge in [0, 0.05) is 25.4 Å². The van der Waals surface area contributed by atoms with Crippen LogP contribution in [0.5, 0.6) is 0 Å². The predicted molar refractivity (Wildman–Crippen MR) is 79.3 cm³/mol. The van der Waals surface area contributed by atoms with Crippen molar-refractivity contribution in [3.8, 4) is 0 Å². The van der Waals surface area contributed by atoms with E-state index in [4.69, 9.17) is 0 Å². The van der Waals surface area contributed by atoms with Crippen LogP contribution in [0.25, 0.3) is 0 Å². The number of nitrogens with one attached hydrogen (secondary N) is 1. The molecule has 2 heterocycles. The zero-order chi connectivity index (χ0) is 15.6. The van der Waals surface area contributed by atoms with Gasteiger partial charge in [0.15, 0.2) is 0 Å². The van der Waals surface area contributed by atoms with E-state index in [1.807, 2.05) is 34.0 Å². The molecule has 1 aromatic heterocycles. The first-order chi connectivity index (χ1) is 9.97. The maximum Gasteiger partial charge on any atom is 0.249 e. The average Bonchev–Trinajstić information content (AvgIpc) is 2.88. The standard InChI is InChI=1S/C15H24N4O2/c1-5-12-13(20)17-15(6-2,7-3)14(21)19(12)10-11-8-16-18(4)9-11/h8-9,12H,5-7,10H2,1-4H3,(H,17,20). The second-order valence-corrected chi connectivity index (χ2v) is 5.66. The minimum absolute atomic E-state index is 0.0165. The highest BCUT2D eigenvalue weighted by Gasteiger charge is 2.48. The van der Waals surface area contributed by atoms with Crippen LogP contribution in [0, 0.1) is 0 Å². The van der Waals surface area contributed by atoms with Gasteiger partial charge in [-0.1, -0.05) is 20.8 Å². The lowest BCUT2D eigenvalue weighted by Crippen LogP contribution is -2.69. The Labute approximate surface area is 125 Å². The lowest BCUT2D eigenvalue weighted by atomic mass is 9.86. The van der Waals surface area contributed by atoms with Gasteiger partial charge in [-0.15, -0.1) is 0 Å². The fourth-order valence-corrected chi connectivity index (χ4v) is 3.00. The molecule has 1 saturated heterocycles. The minimum Gasteiger partial charge on any atom is -0.340 e. The van der Waals surface area contributed by atoms with Gasteiger partial charge in [-0.2, -0.15) is 5.10 Å². The third-order valence-corrected chi connectivity index (χ3v) is 4.42. The van der Waals surface area contributed by atoms with Crippen molar-refractivity contribution in [1.82, 2.24) is 20.0 Å². The summed E-state index contributed by atoms with van der Waals surface area (Å²) in [5.41, 5.74) is 0.186. The minimum atomic E-state index is -0.759. The second-order valence-electron chi connectivity index (χ2n) is 5.66. The molecule has 1 aromatic rings. The molecular weight excluding hydrogens is 268 g/mol. The number of piperazine rings is 1. The van der Waals surface area contributed by atoms with Crippen molar-refractivity contribution in [2.75, 3.05) is 0 Å². The molecule has 1 fully saturated rings. The molecule has 0 aromatic carbocycles. The Morgan fingerprint density at radius 1 is 1.29 bits per heavy atom. The SMILES string of the molecule is CCC1C(=O)NC(CC)(CC)C(=O)N1Cc1cnn(C)c1. The lowest BCUT2D eigenvalue weighted by molar-refractivity contribution is -0.156. The second kappa shape index (κ2) is 5.87. The first kappa shape index (κ1) is 15.5. The van der Waals surface area contributed by atoms with E-state index in [0.717, 1.165) is 5.56 Å². The molecule has 1 N–H and O–H groups in total. The summed E-state index contributed by atoms with van der Waals surface area (Å²) >= 11 is 0. The van der Waals surface area contributed by atoms with Gasteiger partial charge < -0.3 is 10.2 Å². The average molecular weight is 292 g/mol. The van der Waals surface area contributed by atoms with Crippen molar-refractivity contribution in [1.29, 1.82) is 0 Å². The summed E-state index contributed by atoms with van der Waals surface area (Å²) < 4.78 is 1.71. The zero-order valence-corrected chi connectivity index (χ0v) is 13.2. The summed E-state index contributed by atoms with van der Waals surface area (Å²) in [6.07, 6.45) is 5.45. The van der Waals surface area contributed by atoms with Gasteiger partial charge in [0.05, 0.1) is 6.20 Å². The molecule has 0 spiro atoms. The van der Waals surface area contributed by atoms with Crippen LogP contribution in [0.15, 0.2) is 12.4 Å². The van der Waals surface area contributed by atoms with E-state index in [0.29, 0.717) is 25.8 Å². The van der Waals surface area contributed by atoms with Crippen molar-refractivity contribution >= 4 is 11.8 Å². The number of rotatable bonds is 5. The highest BCUT2D eigenvalue weighted by Crippen LogP contribution is 2.27. The summed E-state index contributed by atoms with van der Waals surface area (Å²) in [7, 11) is 1.84. The number of carbonyl (C=O) groups excluding carboxylic acids is 2. The van der Waals surface area contributed by atoms with Crippen LogP contribution in [0.2, 0.25) is 0 Å². The lowest BCUT2D eigenvalue weighted by Gasteiger charge is -2.45. The fourth-order valence-electron chi connectivity index (χ4n) is 3.00. The molecular formula is C15H24N4O2. The number of aromatic nitrogens is 2. The molecule has 21 heavy (non-hydrogen) atoms. The van der Waals surface area contributed by atoms with Crippen LogP contribution >= 0.6 is 0 Å². The van der Waals surface area contributed by atoms with Crippen LogP contribution in [0.4, 0.5) is 0 Å². The number of hydrogen-bond donors (Lipinski definition) is 1. The molecule has 0 saturated carbocycles. The molecule has 6 heteroatoms. The first-order valence-corrected chi connectivity index (χ1v) is 7.58. The Morgan fingerprint density at radius 3 is 2.43 bits per heavy atom. The van der Waals surface area contributed by atoms with Gasteiger partial charge in [-0.05, 0) is 19.3 Å². The third-order valence-electron chi connectivity index (χ3n) is 4.42. The molecule has 1 aliphatic heterocycles. The Hall–Kier alpha value is -1.85. The summed E-state index contributed by atoms with van der Waals surface area (Å²) in [6.45, 7) is 6.24. The van der Waals surface area contributed by atoms with Crippen molar-refractivity contribution in [2.24, 2.45) is 7.05 Å². The molecule has 2 rings (SSSR count). The Morgan fingerprint density at radius 2 is 1.95 bits per heavy atom. The highest BCUT2D eigenvalue weighted by atomic mass is 16.2. The van der Waals surface area contributed by atoms with Crippen molar-refractivity contribution < 1.29 is 9.59 Å². The number of amides is 2.